The number of allylic oxidation sites excluding steroid dienone is 2. The Morgan fingerprint density at radius 1 is 1.06 bits per heavy atom. The van der Waals surface area contributed by atoms with Gasteiger partial charge in [-0.15, -0.1) is 0 Å². The second-order valence-electron chi connectivity index (χ2n) is 7.59. The highest BCUT2D eigenvalue weighted by atomic mass is 35.5. The van der Waals surface area contributed by atoms with Crippen LogP contribution in [0.25, 0.3) is 10.2 Å². The van der Waals surface area contributed by atoms with Crippen LogP contribution in [0, 0.1) is 11.8 Å². The number of amides is 3. The molecule has 0 N–H and O–H groups in total. The molecule has 2 heterocycles. The smallest absolute Gasteiger partial charge is 0.253 e. The number of anilines is 2. The van der Waals surface area contributed by atoms with E-state index in [-0.39, 0.29) is 30.2 Å². The maximum atomic E-state index is 13.5. The zero-order valence-corrected chi connectivity index (χ0v) is 18.0. The highest BCUT2D eigenvalue weighted by molar-refractivity contribution is 7.22. The molecule has 2 aromatic carbocycles. The Morgan fingerprint density at radius 2 is 1.77 bits per heavy atom. The highest BCUT2D eigenvalue weighted by Gasteiger charge is 2.48. The molecule has 1 aromatic heterocycles. The normalized spacial score (nSPS) is 20.4. The summed E-state index contributed by atoms with van der Waals surface area (Å²) in [5.74, 6) is -1.69. The Balaban J connectivity index is 1.50. The van der Waals surface area contributed by atoms with Crippen molar-refractivity contribution in [3.05, 3.63) is 65.7 Å². The number of nitrogens with zero attached hydrogens (tertiary/aromatic N) is 3. The molecule has 0 spiro atoms. The van der Waals surface area contributed by atoms with Gasteiger partial charge in [-0.25, -0.2) is 4.98 Å². The lowest BCUT2D eigenvalue weighted by Crippen LogP contribution is -2.41. The molecule has 0 saturated carbocycles. The number of para-hydroxylation sites is 1. The van der Waals surface area contributed by atoms with Gasteiger partial charge in [0.25, 0.3) is 5.91 Å². The van der Waals surface area contributed by atoms with Crippen LogP contribution < -0.4 is 4.90 Å². The number of rotatable bonds is 4. The predicted molar refractivity (Wildman–Crippen MR) is 120 cm³/mol. The third-order valence-corrected chi connectivity index (χ3v) is 6.94. The lowest BCUT2D eigenvalue weighted by molar-refractivity contribution is -0.143. The Kier molecular flexibility index (Phi) is 5.08. The van der Waals surface area contributed by atoms with E-state index in [0.29, 0.717) is 28.7 Å². The van der Waals surface area contributed by atoms with E-state index in [0.717, 1.165) is 15.1 Å². The van der Waals surface area contributed by atoms with Crippen molar-refractivity contribution in [2.75, 3.05) is 11.4 Å². The van der Waals surface area contributed by atoms with Crippen molar-refractivity contribution in [3.63, 3.8) is 0 Å². The Hall–Kier alpha value is -3.03. The molecule has 1 aliphatic carbocycles. The minimum atomic E-state index is -0.408. The summed E-state index contributed by atoms with van der Waals surface area (Å²) in [7, 11) is 0. The monoisotopic (exact) mass is 451 g/mol. The van der Waals surface area contributed by atoms with E-state index in [1.54, 1.807) is 24.3 Å². The number of carbonyl (C=O) groups excluding carboxylic acids is 3. The van der Waals surface area contributed by atoms with Crippen molar-refractivity contribution in [1.29, 1.82) is 0 Å². The van der Waals surface area contributed by atoms with Gasteiger partial charge in [0.15, 0.2) is 5.13 Å². The molecule has 1 aliphatic heterocycles. The summed E-state index contributed by atoms with van der Waals surface area (Å²) in [6, 6.07) is 14.5. The molecule has 1 fully saturated rings. The minimum absolute atomic E-state index is 0.275. The van der Waals surface area contributed by atoms with Crippen LogP contribution in [0.2, 0.25) is 5.02 Å². The van der Waals surface area contributed by atoms with Gasteiger partial charge in [0.05, 0.1) is 27.7 Å². The standard InChI is InChI=1S/C23H18ClN3O3S/c24-14-6-5-7-15(12-14)27(23-25-18-10-3-4-11-19(18)31-23)20(28)13-26-21(29)16-8-1-2-9-17(16)22(26)30/h1-7,10-12,16-17H,8-9,13H2. The van der Waals surface area contributed by atoms with Crippen LogP contribution in [0.4, 0.5) is 10.8 Å². The first-order valence-electron chi connectivity index (χ1n) is 9.97. The van der Waals surface area contributed by atoms with Crippen LogP contribution in [0.15, 0.2) is 60.7 Å². The molecule has 8 heteroatoms. The molecule has 3 amide bonds. The molecule has 2 atom stereocenters. The molecule has 2 aliphatic rings. The minimum Gasteiger partial charge on any atom is -0.274 e. The van der Waals surface area contributed by atoms with Crippen molar-refractivity contribution in [2.45, 2.75) is 12.8 Å². The van der Waals surface area contributed by atoms with Crippen molar-refractivity contribution in [1.82, 2.24) is 9.88 Å². The first-order valence-corrected chi connectivity index (χ1v) is 11.2. The van der Waals surface area contributed by atoms with E-state index in [1.165, 1.54) is 16.2 Å². The van der Waals surface area contributed by atoms with Crippen molar-refractivity contribution in [2.24, 2.45) is 11.8 Å². The number of halogens is 1. The van der Waals surface area contributed by atoms with Gasteiger partial charge in [0, 0.05) is 5.02 Å². The Morgan fingerprint density at radius 3 is 2.45 bits per heavy atom. The van der Waals surface area contributed by atoms with Crippen LogP contribution in [0.5, 0.6) is 0 Å². The summed E-state index contributed by atoms with van der Waals surface area (Å²) < 4.78 is 0.933. The predicted octanol–water partition coefficient (Wildman–Crippen LogP) is 4.57. The van der Waals surface area contributed by atoms with E-state index in [4.69, 9.17) is 11.6 Å². The summed E-state index contributed by atoms with van der Waals surface area (Å²) in [6.45, 7) is -0.326. The lowest BCUT2D eigenvalue weighted by atomic mass is 9.85. The maximum absolute atomic E-state index is 13.5. The average Bonchev–Trinajstić information content (AvgIpc) is 3.29. The number of imide groups is 1. The molecule has 2 unspecified atom stereocenters. The fourth-order valence-corrected chi connectivity index (χ4v) is 5.35. The van der Waals surface area contributed by atoms with Crippen molar-refractivity contribution in [3.8, 4) is 0 Å². The summed E-state index contributed by atoms with van der Waals surface area (Å²) in [5.41, 5.74) is 1.31. The van der Waals surface area contributed by atoms with E-state index in [1.807, 2.05) is 36.4 Å². The molecule has 31 heavy (non-hydrogen) atoms. The van der Waals surface area contributed by atoms with Crippen LogP contribution in [0.1, 0.15) is 12.8 Å². The first-order chi connectivity index (χ1) is 15.0. The number of hydrogen-bond donors (Lipinski definition) is 0. The topological polar surface area (TPSA) is 70.6 Å². The van der Waals surface area contributed by atoms with E-state index >= 15 is 0 Å². The second kappa shape index (κ2) is 7.90. The molecule has 0 bridgehead atoms. The number of hydrogen-bond acceptors (Lipinski definition) is 5. The molecule has 6 nitrogen and oxygen atoms in total. The van der Waals surface area contributed by atoms with Crippen molar-refractivity contribution < 1.29 is 14.4 Å². The van der Waals surface area contributed by atoms with Gasteiger partial charge >= 0.3 is 0 Å². The van der Waals surface area contributed by atoms with Crippen LogP contribution in [-0.2, 0) is 14.4 Å². The molecule has 1 saturated heterocycles. The Labute approximate surface area is 187 Å². The molecule has 3 aromatic rings. The lowest BCUT2D eigenvalue weighted by Gasteiger charge is -2.23. The second-order valence-corrected chi connectivity index (χ2v) is 9.04. The van der Waals surface area contributed by atoms with Crippen LogP contribution >= 0.6 is 22.9 Å². The van der Waals surface area contributed by atoms with Gasteiger partial charge in [0.2, 0.25) is 11.8 Å². The summed E-state index contributed by atoms with van der Waals surface area (Å²) >= 11 is 7.55. The molecule has 0 radical (unpaired) electrons. The number of benzene rings is 2. The van der Waals surface area contributed by atoms with Gasteiger partial charge < -0.3 is 0 Å². The van der Waals surface area contributed by atoms with Gasteiger partial charge in [-0.3, -0.25) is 24.2 Å². The fourth-order valence-electron chi connectivity index (χ4n) is 4.16. The zero-order chi connectivity index (χ0) is 21.5. The average molecular weight is 452 g/mol. The summed E-state index contributed by atoms with van der Waals surface area (Å²) in [4.78, 5) is 46.3. The Bertz CT molecular complexity index is 1180. The van der Waals surface area contributed by atoms with Gasteiger partial charge in [0.1, 0.15) is 6.54 Å². The number of fused-ring (bicyclic) bond motifs is 2. The molecule has 5 rings (SSSR count). The summed E-state index contributed by atoms with van der Waals surface area (Å²) in [5, 5.41) is 0.938. The zero-order valence-electron chi connectivity index (χ0n) is 16.4. The van der Waals surface area contributed by atoms with E-state index in [9.17, 15) is 14.4 Å². The third kappa shape index (κ3) is 3.54. The number of thiazole rings is 1. The van der Waals surface area contributed by atoms with Crippen LogP contribution in [0.3, 0.4) is 0 Å². The van der Waals surface area contributed by atoms with E-state index < -0.39 is 5.91 Å². The van der Waals surface area contributed by atoms with Crippen molar-refractivity contribution >= 4 is 61.7 Å². The first kappa shape index (κ1) is 19.9. The SMILES string of the molecule is O=C1C2CC=CCC2C(=O)N1CC(=O)N(c1cccc(Cl)c1)c1nc2ccccc2s1. The fraction of sp³-hybridized carbons (Fsp3) is 0.217. The number of aromatic nitrogens is 1. The number of likely N-dealkylation sites (tertiary alicyclic amines) is 1. The van der Waals surface area contributed by atoms with Gasteiger partial charge in [-0.1, -0.05) is 53.3 Å². The highest BCUT2D eigenvalue weighted by Crippen LogP contribution is 2.37. The van der Waals surface area contributed by atoms with Gasteiger partial charge in [-0.05, 0) is 43.2 Å². The van der Waals surface area contributed by atoms with E-state index in [2.05, 4.69) is 4.98 Å². The van der Waals surface area contributed by atoms with Crippen LogP contribution in [-0.4, -0.2) is 34.2 Å². The summed E-state index contributed by atoms with van der Waals surface area (Å²) in [6.07, 6.45) is 4.93. The quantitative estimate of drug-likeness (QED) is 0.430. The third-order valence-electron chi connectivity index (χ3n) is 5.68. The largest absolute Gasteiger partial charge is 0.274 e. The molecular weight excluding hydrogens is 434 g/mol. The number of carbonyl (C=O) groups is 3. The maximum Gasteiger partial charge on any atom is 0.253 e. The molecule has 156 valence electrons. The van der Waals surface area contributed by atoms with Gasteiger partial charge in [-0.2, -0.15) is 0 Å². The molecular formula is C23H18ClN3O3S.